The van der Waals surface area contributed by atoms with Crippen LogP contribution in [0.3, 0.4) is 0 Å². The lowest BCUT2D eigenvalue weighted by molar-refractivity contribution is -0.114. The first-order valence-corrected chi connectivity index (χ1v) is 12.0. The number of hydrogen-bond acceptors (Lipinski definition) is 6. The number of amides is 2. The molecule has 8 nitrogen and oxygen atoms in total. The molecule has 4 rings (SSSR count). The molecular weight excluding hydrogens is 479 g/mol. The van der Waals surface area contributed by atoms with Crippen molar-refractivity contribution < 1.29 is 23.1 Å². The van der Waals surface area contributed by atoms with Crippen molar-refractivity contribution in [1.82, 2.24) is 9.97 Å². The molecule has 0 radical (unpaired) electrons. The maximum atomic E-state index is 15.0. The van der Waals surface area contributed by atoms with Crippen LogP contribution in [-0.4, -0.2) is 41.8 Å². The Balaban J connectivity index is 1.63. The Kier molecular flexibility index (Phi) is 7.65. The molecule has 3 aromatic rings. The van der Waals surface area contributed by atoms with E-state index in [2.05, 4.69) is 20.6 Å². The van der Waals surface area contributed by atoms with E-state index in [4.69, 9.17) is 10.5 Å². The van der Waals surface area contributed by atoms with E-state index >= 15 is 0 Å². The molecule has 2 aromatic heterocycles. The summed E-state index contributed by atoms with van der Waals surface area (Å²) >= 11 is 0. The monoisotopic (exact) mass is 507 g/mol. The van der Waals surface area contributed by atoms with Crippen LogP contribution in [0.1, 0.15) is 49.3 Å². The second kappa shape index (κ2) is 10.7. The lowest BCUT2D eigenvalue weighted by Crippen LogP contribution is -2.43. The lowest BCUT2D eigenvalue weighted by Gasteiger charge is -2.38. The third kappa shape index (κ3) is 5.67. The minimum absolute atomic E-state index is 0.0676. The zero-order valence-corrected chi connectivity index (χ0v) is 21.0. The molecule has 1 fully saturated rings. The van der Waals surface area contributed by atoms with Gasteiger partial charge in [-0.05, 0) is 49.6 Å². The zero-order chi connectivity index (χ0) is 26.9. The highest BCUT2D eigenvalue weighted by Crippen LogP contribution is 2.36. The number of nitrogens with one attached hydrogen (secondary N) is 2. The summed E-state index contributed by atoms with van der Waals surface area (Å²) in [6, 6.07) is 6.56. The Morgan fingerprint density at radius 2 is 1.89 bits per heavy atom. The molecular formula is C26H28BF2N5O3. The number of hydrogen-bond donors (Lipinski definition) is 3. The summed E-state index contributed by atoms with van der Waals surface area (Å²) in [7, 11) is 1.57. The van der Waals surface area contributed by atoms with E-state index in [9.17, 15) is 18.4 Å². The first-order chi connectivity index (χ1) is 17.5. The van der Waals surface area contributed by atoms with Gasteiger partial charge in [-0.1, -0.05) is 12.4 Å². The first kappa shape index (κ1) is 26.4. The van der Waals surface area contributed by atoms with Crippen LogP contribution in [0.2, 0.25) is 0 Å². The van der Waals surface area contributed by atoms with E-state index < -0.39 is 17.5 Å². The number of anilines is 2. The molecule has 37 heavy (non-hydrogen) atoms. The van der Waals surface area contributed by atoms with E-state index in [1.54, 1.807) is 20.1 Å². The number of aromatic nitrogens is 2. The lowest BCUT2D eigenvalue weighted by atomic mass is 9.87. The van der Waals surface area contributed by atoms with Crippen molar-refractivity contribution in [1.29, 1.82) is 0 Å². The van der Waals surface area contributed by atoms with Crippen LogP contribution in [0.5, 0.6) is 0 Å². The van der Waals surface area contributed by atoms with Crippen LogP contribution in [0.25, 0.3) is 11.3 Å². The summed E-state index contributed by atoms with van der Waals surface area (Å²) in [5.41, 5.74) is 7.49. The smallest absolute Gasteiger partial charge is 0.274 e. The Bertz CT molecular complexity index is 1320. The number of rotatable bonds is 5. The molecule has 1 aliphatic rings. The third-order valence-corrected chi connectivity index (χ3v) is 6.65. The van der Waals surface area contributed by atoms with Crippen LogP contribution >= 0.6 is 0 Å². The fourth-order valence-electron chi connectivity index (χ4n) is 4.49. The molecule has 1 saturated heterocycles. The van der Waals surface area contributed by atoms with Gasteiger partial charge in [0, 0.05) is 36.0 Å². The van der Waals surface area contributed by atoms with Gasteiger partial charge in [0.15, 0.2) is 0 Å². The minimum atomic E-state index is -0.791. The second-order valence-corrected chi connectivity index (χ2v) is 9.36. The van der Waals surface area contributed by atoms with Crippen molar-refractivity contribution in [3.05, 3.63) is 65.6 Å². The molecule has 1 aliphatic heterocycles. The summed E-state index contributed by atoms with van der Waals surface area (Å²) in [6.07, 6.45) is 3.27. The first-order valence-electron chi connectivity index (χ1n) is 12.0. The zero-order valence-electron chi connectivity index (χ0n) is 21.0. The van der Waals surface area contributed by atoms with Gasteiger partial charge >= 0.3 is 0 Å². The second-order valence-electron chi connectivity index (χ2n) is 9.36. The summed E-state index contributed by atoms with van der Waals surface area (Å²) in [6.45, 7) is 5.30. The summed E-state index contributed by atoms with van der Waals surface area (Å²) in [5.74, 6) is -2.37. The number of carbonyl (C=O) groups is 2. The topological polar surface area (TPSA) is 119 Å². The minimum Gasteiger partial charge on any atom is -0.370 e. The molecule has 2 amide bonds. The number of carbonyl (C=O) groups excluding carboxylic acids is 2. The van der Waals surface area contributed by atoms with Crippen molar-refractivity contribution in [2.24, 2.45) is 11.7 Å². The van der Waals surface area contributed by atoms with Gasteiger partial charge in [0.25, 0.3) is 5.91 Å². The normalized spacial score (nSPS) is 21.4. The number of benzene rings is 1. The van der Waals surface area contributed by atoms with Crippen LogP contribution in [0.4, 0.5) is 20.2 Å². The van der Waals surface area contributed by atoms with Crippen LogP contribution in [-0.2, 0) is 9.53 Å². The average Bonchev–Trinajstić information content (AvgIpc) is 2.82. The van der Waals surface area contributed by atoms with Crippen molar-refractivity contribution in [3.8, 4) is 11.3 Å². The molecule has 192 valence electrons. The van der Waals surface area contributed by atoms with Crippen LogP contribution in [0, 0.1) is 17.6 Å². The van der Waals surface area contributed by atoms with Gasteiger partial charge in [0.05, 0.1) is 24.1 Å². The maximum Gasteiger partial charge on any atom is 0.274 e. The summed E-state index contributed by atoms with van der Waals surface area (Å²) in [4.78, 5) is 32.7. The van der Waals surface area contributed by atoms with Gasteiger partial charge < -0.3 is 21.1 Å². The highest BCUT2D eigenvalue weighted by Gasteiger charge is 2.33. The van der Waals surface area contributed by atoms with Gasteiger partial charge in [0.2, 0.25) is 5.91 Å². The van der Waals surface area contributed by atoms with Crippen molar-refractivity contribution in [2.45, 2.75) is 45.4 Å². The fourth-order valence-corrected chi connectivity index (χ4v) is 4.49. The van der Waals surface area contributed by atoms with E-state index in [-0.39, 0.29) is 52.7 Å². The van der Waals surface area contributed by atoms with E-state index in [1.807, 2.05) is 13.8 Å². The quantitative estimate of drug-likeness (QED) is 0.457. The number of nitrogens with two attached hydrogens (primary N) is 1. The summed E-state index contributed by atoms with van der Waals surface area (Å²) in [5, 5.41) is 5.27. The average molecular weight is 507 g/mol. The Morgan fingerprint density at radius 1 is 1.14 bits per heavy atom. The number of pyridine rings is 2. The largest absolute Gasteiger partial charge is 0.370 e. The molecule has 0 unspecified atom stereocenters. The SMILES string of the molecule is Bc1cc(NC(C)=O)cc(F)c1-c1nc(C(=O)Nc2cnccc2[C@H]2C[C@@H](N)[C@@H](C)[C@@H](C)O2)ccc1F. The van der Waals surface area contributed by atoms with E-state index in [0.29, 0.717) is 17.6 Å². The number of ether oxygens (including phenoxy) is 1. The molecule has 0 aliphatic carbocycles. The summed E-state index contributed by atoms with van der Waals surface area (Å²) < 4.78 is 35.9. The Hall–Kier alpha value is -3.70. The fraction of sp³-hybridized carbons (Fsp3) is 0.308. The molecule has 3 heterocycles. The molecule has 1 aromatic carbocycles. The van der Waals surface area contributed by atoms with Crippen LogP contribution < -0.4 is 21.8 Å². The van der Waals surface area contributed by atoms with Gasteiger partial charge in [-0.15, -0.1) is 0 Å². The predicted molar refractivity (Wildman–Crippen MR) is 139 cm³/mol. The highest BCUT2D eigenvalue weighted by atomic mass is 19.1. The van der Waals surface area contributed by atoms with Crippen molar-refractivity contribution >= 4 is 36.5 Å². The van der Waals surface area contributed by atoms with Gasteiger partial charge in [-0.2, -0.15) is 0 Å². The molecule has 0 bridgehead atoms. The van der Waals surface area contributed by atoms with Gasteiger partial charge in [-0.3, -0.25) is 14.6 Å². The van der Waals surface area contributed by atoms with Crippen molar-refractivity contribution in [3.63, 3.8) is 0 Å². The van der Waals surface area contributed by atoms with E-state index in [0.717, 1.165) is 17.7 Å². The number of halogens is 2. The number of nitrogens with zero attached hydrogens (tertiary/aromatic N) is 2. The standard InChI is InChI=1S/C26H28BF2N5O3/c1-12-13(2)37-23(10-20(12)30)16-6-7-31-11-22(16)34-26(36)21-5-4-18(28)25(33-21)24-17(27)8-15(9-19(24)29)32-14(3)35/h4-9,11-13,20,23H,10,27,30H2,1-3H3,(H,32,35)(H,34,36)/t12-,13+,20+,23+/m0/s1. The Morgan fingerprint density at radius 3 is 2.57 bits per heavy atom. The predicted octanol–water partition coefficient (Wildman–Crippen LogP) is 2.70. The molecule has 4 atom stereocenters. The van der Waals surface area contributed by atoms with Crippen LogP contribution in [0.15, 0.2) is 42.7 Å². The maximum absolute atomic E-state index is 15.0. The molecule has 0 spiro atoms. The van der Waals surface area contributed by atoms with Gasteiger partial charge in [0.1, 0.15) is 30.9 Å². The molecule has 11 heteroatoms. The molecule has 0 saturated carbocycles. The van der Waals surface area contributed by atoms with Crippen molar-refractivity contribution in [2.75, 3.05) is 10.6 Å². The Labute approximate surface area is 214 Å². The highest BCUT2D eigenvalue weighted by molar-refractivity contribution is 6.36. The third-order valence-electron chi connectivity index (χ3n) is 6.65. The molecule has 4 N–H and O–H groups in total. The van der Waals surface area contributed by atoms with E-state index in [1.165, 1.54) is 25.3 Å². The van der Waals surface area contributed by atoms with Gasteiger partial charge in [-0.25, -0.2) is 13.8 Å².